The summed E-state index contributed by atoms with van der Waals surface area (Å²) in [6, 6.07) is 13.7. The largest absolute Gasteiger partial charge is 0.464 e. The Kier molecular flexibility index (Phi) is 8.51. The van der Waals surface area contributed by atoms with Crippen LogP contribution in [0.4, 0.5) is 10.5 Å². The summed E-state index contributed by atoms with van der Waals surface area (Å²) in [7, 11) is 0. The molecule has 8 nitrogen and oxygen atoms in total. The van der Waals surface area contributed by atoms with Crippen LogP contribution in [-0.4, -0.2) is 41.6 Å². The Bertz CT molecular complexity index is 1280. The van der Waals surface area contributed by atoms with Crippen LogP contribution in [0.1, 0.15) is 30.9 Å². The molecule has 1 aromatic heterocycles. The molecule has 3 aromatic rings. The molecule has 0 radical (unpaired) electrons. The van der Waals surface area contributed by atoms with Gasteiger partial charge in [0.15, 0.2) is 11.5 Å². The normalized spacial score (nSPS) is 12.1. The fourth-order valence-corrected chi connectivity index (χ4v) is 4.25. The quantitative estimate of drug-likeness (QED) is 0.339. The SMILES string of the molecule is Cc1ccc(CN(Cc2ccc3c(c2)OCO3)C(=O)CN(CC(C)C)C(=O)Nc2ccc(Cl)c(Cl)c2)o1. The van der Waals surface area contributed by atoms with Crippen LogP contribution >= 0.6 is 23.2 Å². The Labute approximate surface area is 226 Å². The monoisotopic (exact) mass is 545 g/mol. The predicted molar refractivity (Wildman–Crippen MR) is 142 cm³/mol. The van der Waals surface area contributed by atoms with Crippen LogP contribution < -0.4 is 14.8 Å². The van der Waals surface area contributed by atoms with E-state index in [1.54, 1.807) is 23.1 Å². The van der Waals surface area contributed by atoms with E-state index in [0.717, 1.165) is 11.3 Å². The number of nitrogens with zero attached hydrogens (tertiary/aromatic N) is 2. The zero-order chi connectivity index (χ0) is 26.5. The van der Waals surface area contributed by atoms with Crippen molar-refractivity contribution in [2.75, 3.05) is 25.2 Å². The fourth-order valence-electron chi connectivity index (χ4n) is 3.95. The Morgan fingerprint density at radius 2 is 1.73 bits per heavy atom. The van der Waals surface area contributed by atoms with Crippen LogP contribution in [0, 0.1) is 12.8 Å². The van der Waals surface area contributed by atoms with E-state index in [9.17, 15) is 9.59 Å². The van der Waals surface area contributed by atoms with Gasteiger partial charge in [-0.05, 0) is 60.9 Å². The number of ether oxygens (including phenoxy) is 2. The lowest BCUT2D eigenvalue weighted by Gasteiger charge is -2.28. The third-order valence-electron chi connectivity index (χ3n) is 5.68. The highest BCUT2D eigenvalue weighted by atomic mass is 35.5. The Morgan fingerprint density at radius 3 is 2.43 bits per heavy atom. The Morgan fingerprint density at radius 1 is 0.946 bits per heavy atom. The maximum Gasteiger partial charge on any atom is 0.322 e. The van der Waals surface area contributed by atoms with Gasteiger partial charge in [0.2, 0.25) is 12.7 Å². The Hall–Kier alpha value is -3.36. The van der Waals surface area contributed by atoms with E-state index >= 15 is 0 Å². The van der Waals surface area contributed by atoms with Crippen LogP contribution in [0.25, 0.3) is 0 Å². The van der Waals surface area contributed by atoms with E-state index < -0.39 is 6.03 Å². The summed E-state index contributed by atoms with van der Waals surface area (Å²) >= 11 is 12.1. The van der Waals surface area contributed by atoms with E-state index in [1.807, 2.05) is 51.1 Å². The van der Waals surface area contributed by atoms with Gasteiger partial charge in [-0.1, -0.05) is 43.1 Å². The van der Waals surface area contributed by atoms with Crippen LogP contribution in [0.15, 0.2) is 52.9 Å². The predicted octanol–water partition coefficient (Wildman–Crippen LogP) is 6.34. The lowest BCUT2D eigenvalue weighted by molar-refractivity contribution is -0.133. The number of benzene rings is 2. The summed E-state index contributed by atoms with van der Waals surface area (Å²) in [6.45, 7) is 6.83. The number of fused-ring (bicyclic) bond motifs is 1. The number of rotatable bonds is 9. The second kappa shape index (κ2) is 11.8. The number of carbonyl (C=O) groups is 2. The van der Waals surface area contributed by atoms with Crippen LogP contribution in [0.2, 0.25) is 10.0 Å². The summed E-state index contributed by atoms with van der Waals surface area (Å²) in [5.41, 5.74) is 1.36. The molecule has 0 atom stereocenters. The standard InChI is InChI=1S/C27H29Cl2N3O5/c1-17(2)12-32(27(34)30-20-6-8-22(28)23(29)11-20)15-26(33)31(14-21-7-4-18(3)37-21)13-19-5-9-24-25(10-19)36-16-35-24/h4-11,17H,12-16H2,1-3H3,(H,30,34). The molecule has 1 aliphatic heterocycles. The first-order valence-corrected chi connectivity index (χ1v) is 12.7. The minimum Gasteiger partial charge on any atom is -0.464 e. The molecule has 0 saturated carbocycles. The highest BCUT2D eigenvalue weighted by molar-refractivity contribution is 6.42. The molecule has 0 aliphatic carbocycles. The van der Waals surface area contributed by atoms with Crippen molar-refractivity contribution in [1.82, 2.24) is 9.80 Å². The maximum absolute atomic E-state index is 13.6. The van der Waals surface area contributed by atoms with Crippen LogP contribution in [0.5, 0.6) is 11.5 Å². The van der Waals surface area contributed by atoms with Crippen molar-refractivity contribution < 1.29 is 23.5 Å². The number of amides is 3. The molecule has 0 saturated heterocycles. The highest BCUT2D eigenvalue weighted by Gasteiger charge is 2.24. The molecule has 196 valence electrons. The molecule has 2 aromatic carbocycles. The molecule has 0 fully saturated rings. The number of carbonyl (C=O) groups excluding carboxylic acids is 2. The summed E-state index contributed by atoms with van der Waals surface area (Å²) in [5, 5.41) is 3.53. The number of nitrogens with one attached hydrogen (secondary N) is 1. The van der Waals surface area contributed by atoms with Gasteiger partial charge in [-0.3, -0.25) is 4.79 Å². The van der Waals surface area contributed by atoms with Gasteiger partial charge in [-0.15, -0.1) is 0 Å². The number of hydrogen-bond acceptors (Lipinski definition) is 5. The molecule has 2 heterocycles. The first-order valence-electron chi connectivity index (χ1n) is 11.9. The smallest absolute Gasteiger partial charge is 0.322 e. The molecule has 1 aliphatic rings. The minimum absolute atomic E-state index is 0.115. The number of aryl methyl sites for hydroxylation is 1. The van der Waals surface area contributed by atoms with Gasteiger partial charge in [-0.25, -0.2) is 4.79 Å². The molecule has 37 heavy (non-hydrogen) atoms. The minimum atomic E-state index is -0.405. The summed E-state index contributed by atoms with van der Waals surface area (Å²) in [6.07, 6.45) is 0. The number of hydrogen-bond donors (Lipinski definition) is 1. The third-order valence-corrected chi connectivity index (χ3v) is 6.41. The van der Waals surface area contributed by atoms with E-state index in [2.05, 4.69) is 5.32 Å². The number of anilines is 1. The summed E-state index contributed by atoms with van der Waals surface area (Å²) < 4.78 is 16.6. The first kappa shape index (κ1) is 26.7. The second-order valence-corrected chi connectivity index (χ2v) is 10.1. The van der Waals surface area contributed by atoms with E-state index in [0.29, 0.717) is 46.1 Å². The third kappa shape index (κ3) is 7.11. The summed E-state index contributed by atoms with van der Waals surface area (Å²) in [4.78, 5) is 29.9. The van der Waals surface area contributed by atoms with Crippen LogP contribution in [0.3, 0.4) is 0 Å². The molecule has 3 amide bonds. The van der Waals surface area contributed by atoms with Gasteiger partial charge >= 0.3 is 6.03 Å². The highest BCUT2D eigenvalue weighted by Crippen LogP contribution is 2.33. The molecular weight excluding hydrogens is 517 g/mol. The van der Waals surface area contributed by atoms with Gasteiger partial charge in [0.25, 0.3) is 0 Å². The van der Waals surface area contributed by atoms with E-state index in [1.165, 1.54) is 4.90 Å². The van der Waals surface area contributed by atoms with Gasteiger partial charge in [0.05, 0.1) is 16.6 Å². The van der Waals surface area contributed by atoms with Crippen molar-refractivity contribution in [3.05, 3.63) is 75.7 Å². The lowest BCUT2D eigenvalue weighted by atomic mass is 10.1. The van der Waals surface area contributed by atoms with Crippen molar-refractivity contribution in [2.24, 2.45) is 5.92 Å². The molecule has 0 spiro atoms. The zero-order valence-electron chi connectivity index (χ0n) is 20.9. The average molecular weight is 546 g/mol. The van der Waals surface area contributed by atoms with Crippen LogP contribution in [-0.2, 0) is 17.9 Å². The average Bonchev–Trinajstić information content (AvgIpc) is 3.48. The molecule has 0 unspecified atom stereocenters. The van der Waals surface area contributed by atoms with Gasteiger partial charge in [-0.2, -0.15) is 0 Å². The van der Waals surface area contributed by atoms with Gasteiger partial charge < -0.3 is 29.0 Å². The van der Waals surface area contributed by atoms with Crippen molar-refractivity contribution in [1.29, 1.82) is 0 Å². The van der Waals surface area contributed by atoms with Crippen molar-refractivity contribution in [2.45, 2.75) is 33.9 Å². The Balaban J connectivity index is 1.52. The molecular formula is C27H29Cl2N3O5. The number of urea groups is 1. The zero-order valence-corrected chi connectivity index (χ0v) is 22.4. The van der Waals surface area contributed by atoms with E-state index in [4.69, 9.17) is 37.1 Å². The van der Waals surface area contributed by atoms with Crippen molar-refractivity contribution >= 4 is 40.8 Å². The van der Waals surface area contributed by atoms with Gasteiger partial charge in [0, 0.05) is 18.8 Å². The lowest BCUT2D eigenvalue weighted by Crippen LogP contribution is -2.45. The fraction of sp³-hybridized carbons (Fsp3) is 0.333. The van der Waals surface area contributed by atoms with Crippen molar-refractivity contribution in [3.63, 3.8) is 0 Å². The molecule has 10 heteroatoms. The maximum atomic E-state index is 13.6. The molecule has 4 rings (SSSR count). The van der Waals surface area contributed by atoms with Gasteiger partial charge in [0.1, 0.15) is 18.1 Å². The van der Waals surface area contributed by atoms with E-state index in [-0.39, 0.29) is 31.7 Å². The van der Waals surface area contributed by atoms with Crippen molar-refractivity contribution in [3.8, 4) is 11.5 Å². The molecule has 0 bridgehead atoms. The topological polar surface area (TPSA) is 84.2 Å². The second-order valence-electron chi connectivity index (χ2n) is 9.28. The summed E-state index contributed by atoms with van der Waals surface area (Å²) in [5.74, 6) is 2.64. The number of halogens is 2. The number of furan rings is 1. The molecule has 1 N–H and O–H groups in total. The first-order chi connectivity index (χ1) is 17.7.